The summed E-state index contributed by atoms with van der Waals surface area (Å²) in [6.45, 7) is -0.262. The van der Waals surface area contributed by atoms with Gasteiger partial charge in [0.05, 0.1) is 11.2 Å². The highest BCUT2D eigenvalue weighted by Gasteiger charge is 2.32. The van der Waals surface area contributed by atoms with E-state index in [1.54, 1.807) is 25.2 Å². The van der Waals surface area contributed by atoms with Gasteiger partial charge in [0.1, 0.15) is 29.1 Å². The first kappa shape index (κ1) is 20.0. The third-order valence-corrected chi connectivity index (χ3v) is 6.19. The minimum absolute atomic E-state index is 0.0156. The summed E-state index contributed by atoms with van der Waals surface area (Å²) >= 11 is 0. The molecule has 2 heterocycles. The van der Waals surface area contributed by atoms with Crippen molar-refractivity contribution in [3.8, 4) is 17.6 Å². The highest BCUT2D eigenvalue weighted by Crippen LogP contribution is 2.34. The maximum atomic E-state index is 14.5. The minimum Gasteiger partial charge on any atom is -0.453 e. The van der Waals surface area contributed by atoms with E-state index in [0.717, 1.165) is 16.4 Å². The van der Waals surface area contributed by atoms with Gasteiger partial charge >= 0.3 is 10.2 Å². The van der Waals surface area contributed by atoms with Crippen LogP contribution in [0.2, 0.25) is 0 Å². The van der Waals surface area contributed by atoms with Gasteiger partial charge in [-0.05, 0) is 30.7 Å². The molecule has 1 fully saturated rings. The predicted molar refractivity (Wildman–Crippen MR) is 103 cm³/mol. The molecule has 4 rings (SSSR count). The van der Waals surface area contributed by atoms with Crippen LogP contribution in [0.4, 0.5) is 14.5 Å². The highest BCUT2D eigenvalue weighted by atomic mass is 32.2. The van der Waals surface area contributed by atoms with Gasteiger partial charge in [0.25, 0.3) is 0 Å². The lowest BCUT2D eigenvalue weighted by Crippen LogP contribution is -2.34. The van der Waals surface area contributed by atoms with Gasteiger partial charge < -0.3 is 4.74 Å². The summed E-state index contributed by atoms with van der Waals surface area (Å²) in [6, 6.07) is 8.60. The molecule has 1 aliphatic rings. The molecule has 156 valence electrons. The zero-order valence-electron chi connectivity index (χ0n) is 15.7. The molecule has 9 nitrogen and oxygen atoms in total. The molecule has 0 spiro atoms. The van der Waals surface area contributed by atoms with Crippen LogP contribution in [0, 0.1) is 17.1 Å². The van der Waals surface area contributed by atoms with Crippen molar-refractivity contribution in [2.75, 3.05) is 17.8 Å². The van der Waals surface area contributed by atoms with Crippen LogP contribution in [0.15, 0.2) is 30.3 Å². The standard InChI is InChI=1S/C18H16F2N6O3S/c1-25-17-8-12(2-4-16(17)22-24-25)29-18-13(9-21)15(5-3-14(18)20)23-30(27,28)26-7-6-11(19)10-26/h2-5,8,11,23H,6-7,10H2,1H3/t11-/m0/s1. The quantitative estimate of drug-likeness (QED) is 0.660. The lowest BCUT2D eigenvalue weighted by atomic mass is 10.1. The molecule has 0 bridgehead atoms. The van der Waals surface area contributed by atoms with E-state index in [2.05, 4.69) is 15.0 Å². The van der Waals surface area contributed by atoms with Gasteiger partial charge in [0.2, 0.25) is 0 Å². The van der Waals surface area contributed by atoms with Crippen LogP contribution >= 0.6 is 0 Å². The van der Waals surface area contributed by atoms with Crippen molar-refractivity contribution in [1.29, 1.82) is 5.26 Å². The summed E-state index contributed by atoms with van der Waals surface area (Å²) in [4.78, 5) is 0. The van der Waals surface area contributed by atoms with Crippen molar-refractivity contribution in [3.05, 3.63) is 41.7 Å². The summed E-state index contributed by atoms with van der Waals surface area (Å²) < 4.78 is 63.2. The Morgan fingerprint density at radius 1 is 1.33 bits per heavy atom. The summed E-state index contributed by atoms with van der Waals surface area (Å²) in [6.07, 6.45) is -1.16. The maximum Gasteiger partial charge on any atom is 0.301 e. The van der Waals surface area contributed by atoms with E-state index in [1.165, 1.54) is 10.7 Å². The number of nitrogens with zero attached hydrogens (tertiary/aromatic N) is 5. The molecular weight excluding hydrogens is 418 g/mol. The fourth-order valence-corrected chi connectivity index (χ4v) is 4.44. The zero-order chi connectivity index (χ0) is 21.5. The van der Waals surface area contributed by atoms with Crippen LogP contribution in [0.25, 0.3) is 11.0 Å². The predicted octanol–water partition coefficient (Wildman–Crippen LogP) is 2.47. The molecule has 1 aromatic heterocycles. The number of hydrogen-bond donors (Lipinski definition) is 1. The van der Waals surface area contributed by atoms with Crippen molar-refractivity contribution in [1.82, 2.24) is 19.3 Å². The Hall–Kier alpha value is -3.30. The van der Waals surface area contributed by atoms with Crippen LogP contribution in [0.1, 0.15) is 12.0 Å². The summed E-state index contributed by atoms with van der Waals surface area (Å²) in [5.41, 5.74) is 0.722. The van der Waals surface area contributed by atoms with Crippen LogP contribution in [-0.2, 0) is 17.3 Å². The molecule has 0 aliphatic carbocycles. The van der Waals surface area contributed by atoms with Gasteiger partial charge in [-0.1, -0.05) is 5.21 Å². The van der Waals surface area contributed by atoms with E-state index in [9.17, 15) is 22.5 Å². The molecule has 1 aliphatic heterocycles. The van der Waals surface area contributed by atoms with Gasteiger partial charge in [-0.2, -0.15) is 18.0 Å². The molecule has 3 aromatic rings. The first-order valence-corrected chi connectivity index (χ1v) is 10.3. The normalized spacial score (nSPS) is 17.2. The smallest absolute Gasteiger partial charge is 0.301 e. The number of nitriles is 1. The van der Waals surface area contributed by atoms with Crippen molar-refractivity contribution in [2.24, 2.45) is 7.05 Å². The molecule has 0 saturated carbocycles. The van der Waals surface area contributed by atoms with Crippen molar-refractivity contribution in [3.63, 3.8) is 0 Å². The largest absolute Gasteiger partial charge is 0.453 e. The highest BCUT2D eigenvalue weighted by molar-refractivity contribution is 7.90. The van der Waals surface area contributed by atoms with Gasteiger partial charge in [-0.15, -0.1) is 5.10 Å². The Kier molecular flexibility index (Phi) is 5.00. The van der Waals surface area contributed by atoms with Crippen LogP contribution < -0.4 is 9.46 Å². The molecule has 2 aromatic carbocycles. The summed E-state index contributed by atoms with van der Waals surface area (Å²) in [5.74, 6) is -1.07. The molecule has 0 unspecified atom stereocenters. The second-order valence-electron chi connectivity index (χ2n) is 6.73. The first-order valence-electron chi connectivity index (χ1n) is 8.90. The number of fused-ring (bicyclic) bond motifs is 1. The number of anilines is 1. The average molecular weight is 434 g/mol. The monoisotopic (exact) mass is 434 g/mol. The second-order valence-corrected chi connectivity index (χ2v) is 8.40. The third-order valence-electron chi connectivity index (χ3n) is 4.70. The van der Waals surface area contributed by atoms with Gasteiger partial charge in [-0.25, -0.2) is 13.5 Å². The van der Waals surface area contributed by atoms with E-state index in [1.807, 2.05) is 0 Å². The van der Waals surface area contributed by atoms with Crippen molar-refractivity contribution < 1.29 is 21.9 Å². The van der Waals surface area contributed by atoms with Gasteiger partial charge in [0, 0.05) is 26.2 Å². The van der Waals surface area contributed by atoms with Crippen LogP contribution in [0.3, 0.4) is 0 Å². The number of halogens is 2. The Bertz CT molecular complexity index is 1270. The number of aromatic nitrogens is 3. The molecule has 1 saturated heterocycles. The van der Waals surface area contributed by atoms with Crippen molar-refractivity contribution in [2.45, 2.75) is 12.6 Å². The molecule has 1 atom stereocenters. The number of hydrogen-bond acceptors (Lipinski definition) is 6. The Morgan fingerprint density at radius 2 is 2.13 bits per heavy atom. The number of benzene rings is 2. The molecular formula is C18H16F2N6O3S. The van der Waals surface area contributed by atoms with E-state index in [0.29, 0.717) is 11.0 Å². The fraction of sp³-hybridized carbons (Fsp3) is 0.278. The lowest BCUT2D eigenvalue weighted by molar-refractivity contribution is 0.343. The Morgan fingerprint density at radius 3 is 2.83 bits per heavy atom. The number of rotatable bonds is 5. The van der Waals surface area contributed by atoms with Crippen LogP contribution in [-0.4, -0.2) is 47.0 Å². The maximum absolute atomic E-state index is 14.5. The number of nitrogens with one attached hydrogen (secondary N) is 1. The van der Waals surface area contributed by atoms with Crippen LogP contribution in [0.5, 0.6) is 11.5 Å². The third kappa shape index (κ3) is 3.64. The minimum atomic E-state index is -4.11. The van der Waals surface area contributed by atoms with E-state index >= 15 is 0 Å². The summed E-state index contributed by atoms with van der Waals surface area (Å²) in [7, 11) is -2.44. The fourth-order valence-electron chi connectivity index (χ4n) is 3.15. The van der Waals surface area contributed by atoms with Gasteiger partial charge in [0.15, 0.2) is 11.6 Å². The topological polar surface area (TPSA) is 113 Å². The summed E-state index contributed by atoms with van der Waals surface area (Å²) in [5, 5.41) is 17.4. The Balaban J connectivity index is 1.68. The van der Waals surface area contributed by atoms with E-state index in [4.69, 9.17) is 4.74 Å². The SMILES string of the molecule is Cn1nnc2ccc(Oc3c(F)ccc(NS(=O)(=O)N4CC[C@H](F)C4)c3C#N)cc21. The van der Waals surface area contributed by atoms with E-state index in [-0.39, 0.29) is 36.5 Å². The molecule has 0 radical (unpaired) electrons. The van der Waals surface area contributed by atoms with Crippen molar-refractivity contribution >= 4 is 26.9 Å². The zero-order valence-corrected chi connectivity index (χ0v) is 16.5. The number of aryl methyl sites for hydroxylation is 1. The number of ether oxygens (including phenoxy) is 1. The molecule has 1 N–H and O–H groups in total. The number of alkyl halides is 1. The second kappa shape index (κ2) is 7.51. The molecule has 0 amide bonds. The van der Waals surface area contributed by atoms with Gasteiger partial charge in [-0.3, -0.25) is 4.72 Å². The molecule has 30 heavy (non-hydrogen) atoms. The Labute approximate surface area is 170 Å². The average Bonchev–Trinajstić information content (AvgIpc) is 3.31. The first-order chi connectivity index (χ1) is 14.3. The van der Waals surface area contributed by atoms with E-state index < -0.39 is 27.9 Å². The lowest BCUT2D eigenvalue weighted by Gasteiger charge is -2.18. The molecule has 12 heteroatoms.